The molecular formula is C40H62N4O6. The van der Waals surface area contributed by atoms with E-state index in [1.165, 1.54) is 12.8 Å². The third kappa shape index (κ3) is 11.1. The van der Waals surface area contributed by atoms with Crippen molar-refractivity contribution in [2.24, 2.45) is 23.7 Å². The fourth-order valence-electron chi connectivity index (χ4n) is 9.01. The Balaban J connectivity index is 1.17. The first-order valence-corrected chi connectivity index (χ1v) is 19.6. The van der Waals surface area contributed by atoms with Crippen LogP contribution in [0.4, 0.5) is 9.59 Å². The van der Waals surface area contributed by atoms with Crippen LogP contribution in [0.3, 0.4) is 0 Å². The molecule has 0 unspecified atom stereocenters. The molecule has 1 aliphatic heterocycles. The molecule has 0 aromatic heterocycles. The molecule has 1 aromatic carbocycles. The first-order valence-electron chi connectivity index (χ1n) is 19.6. The van der Waals surface area contributed by atoms with Gasteiger partial charge in [-0.25, -0.2) is 9.59 Å². The van der Waals surface area contributed by atoms with Gasteiger partial charge >= 0.3 is 12.2 Å². The van der Waals surface area contributed by atoms with E-state index in [4.69, 9.17) is 9.47 Å². The Bertz CT molecular complexity index is 1230. The van der Waals surface area contributed by atoms with Crippen molar-refractivity contribution in [3.05, 3.63) is 35.9 Å². The molecule has 3 saturated carbocycles. The number of hydrogen-bond donors (Lipinski definition) is 3. The van der Waals surface area contributed by atoms with Gasteiger partial charge in [-0.15, -0.1) is 0 Å². The zero-order chi connectivity index (χ0) is 35.5. The summed E-state index contributed by atoms with van der Waals surface area (Å²) >= 11 is 0. The largest absolute Gasteiger partial charge is 0.445 e. The van der Waals surface area contributed by atoms with Gasteiger partial charge in [-0.2, -0.15) is 0 Å². The van der Waals surface area contributed by atoms with Gasteiger partial charge in [-0.3, -0.25) is 9.59 Å². The summed E-state index contributed by atoms with van der Waals surface area (Å²) in [6, 6.07) is 8.45. The van der Waals surface area contributed by atoms with Gasteiger partial charge < -0.3 is 30.3 Å². The first-order chi connectivity index (χ1) is 24.1. The number of rotatable bonds is 11. The number of amides is 4. The summed E-state index contributed by atoms with van der Waals surface area (Å²) in [4.78, 5) is 55.8. The molecule has 0 bridgehead atoms. The van der Waals surface area contributed by atoms with E-state index in [9.17, 15) is 19.2 Å². The fourth-order valence-corrected chi connectivity index (χ4v) is 9.01. The van der Waals surface area contributed by atoms with Crippen molar-refractivity contribution >= 4 is 24.0 Å². The Morgan fingerprint density at radius 2 is 1.40 bits per heavy atom. The van der Waals surface area contributed by atoms with Crippen LogP contribution in [-0.2, 0) is 25.7 Å². The number of benzene rings is 1. The highest BCUT2D eigenvalue weighted by Gasteiger charge is 2.46. The number of likely N-dealkylation sites (tertiary alicyclic amines) is 1. The number of ether oxygens (including phenoxy) is 2. The van der Waals surface area contributed by atoms with Crippen LogP contribution in [0, 0.1) is 23.7 Å². The van der Waals surface area contributed by atoms with Crippen LogP contribution in [0.25, 0.3) is 0 Å². The zero-order valence-corrected chi connectivity index (χ0v) is 30.8. The molecule has 3 N–H and O–H groups in total. The van der Waals surface area contributed by atoms with Crippen molar-refractivity contribution in [2.45, 2.75) is 154 Å². The predicted octanol–water partition coefficient (Wildman–Crippen LogP) is 7.25. The summed E-state index contributed by atoms with van der Waals surface area (Å²) in [5, 5.41) is 9.28. The molecule has 4 fully saturated rings. The Labute approximate surface area is 299 Å². The minimum absolute atomic E-state index is 0.0411. The molecular weight excluding hydrogens is 632 g/mol. The molecule has 0 spiro atoms. The molecule has 50 heavy (non-hydrogen) atoms. The zero-order valence-electron chi connectivity index (χ0n) is 30.8. The summed E-state index contributed by atoms with van der Waals surface area (Å²) in [5.41, 5.74) is 0.271. The topological polar surface area (TPSA) is 126 Å². The molecule has 10 nitrogen and oxygen atoms in total. The average molecular weight is 695 g/mol. The number of nitrogens with one attached hydrogen (secondary N) is 3. The van der Waals surface area contributed by atoms with Crippen molar-refractivity contribution < 1.29 is 28.7 Å². The van der Waals surface area contributed by atoms with Crippen molar-refractivity contribution in [2.75, 3.05) is 13.1 Å². The molecule has 4 amide bonds. The van der Waals surface area contributed by atoms with Crippen LogP contribution in [0.2, 0.25) is 0 Å². The normalized spacial score (nSPS) is 24.3. The molecule has 2 atom stereocenters. The van der Waals surface area contributed by atoms with Gasteiger partial charge in [0, 0.05) is 19.1 Å². The average Bonchev–Trinajstić information content (AvgIpc) is 3.61. The molecule has 5 rings (SSSR count). The van der Waals surface area contributed by atoms with E-state index in [-0.39, 0.29) is 30.4 Å². The van der Waals surface area contributed by atoms with Gasteiger partial charge in [0.2, 0.25) is 11.8 Å². The van der Waals surface area contributed by atoms with Gasteiger partial charge in [0.1, 0.15) is 24.3 Å². The first kappa shape index (κ1) is 37.9. The number of nitrogens with zero attached hydrogens (tertiary/aromatic N) is 1. The second-order valence-electron chi connectivity index (χ2n) is 16.4. The smallest absolute Gasteiger partial charge is 0.408 e. The molecule has 3 aliphatic carbocycles. The lowest BCUT2D eigenvalue weighted by atomic mass is 9.66. The maximum Gasteiger partial charge on any atom is 0.408 e. The number of carbonyl (C=O) groups excluding carboxylic acids is 4. The second kappa shape index (κ2) is 18.3. The highest BCUT2D eigenvalue weighted by Crippen LogP contribution is 2.42. The van der Waals surface area contributed by atoms with Crippen LogP contribution in [0.1, 0.15) is 129 Å². The van der Waals surface area contributed by atoms with Gasteiger partial charge in [0.15, 0.2) is 0 Å². The Hall–Kier alpha value is -3.30. The van der Waals surface area contributed by atoms with Gasteiger partial charge in [-0.1, -0.05) is 94.5 Å². The van der Waals surface area contributed by atoms with Gasteiger partial charge in [0.25, 0.3) is 0 Å². The van der Waals surface area contributed by atoms with E-state index < -0.39 is 29.9 Å². The standard InChI is InChI=1S/C40H62N4O6/c1-40(2,3)50-39(48)43-35(34(30-16-9-5-10-17-30)31-18-11-6-12-19-31)37(46)44-25-13-20-33(44)36(45)41-26-28-21-23-32(24-22-28)42-38(47)49-27-29-14-7-4-8-15-29/h4,7-8,14-15,28,30-35H,5-6,9-13,16-27H2,1-3H3,(H,41,45)(H,42,47)(H,43,48)/t28?,32?,33-,35-/m0/s1. The van der Waals surface area contributed by atoms with E-state index in [0.29, 0.717) is 37.3 Å². The number of carbonyl (C=O) groups is 4. The highest BCUT2D eigenvalue weighted by atomic mass is 16.6. The molecule has 1 heterocycles. The van der Waals surface area contributed by atoms with Crippen LogP contribution >= 0.6 is 0 Å². The minimum atomic E-state index is -0.702. The van der Waals surface area contributed by atoms with E-state index in [2.05, 4.69) is 16.0 Å². The van der Waals surface area contributed by atoms with Gasteiger partial charge in [-0.05, 0) is 88.5 Å². The third-order valence-corrected chi connectivity index (χ3v) is 11.5. The van der Waals surface area contributed by atoms with Crippen LogP contribution in [0.15, 0.2) is 30.3 Å². The van der Waals surface area contributed by atoms with Crippen molar-refractivity contribution in [3.63, 3.8) is 0 Å². The van der Waals surface area contributed by atoms with Crippen LogP contribution in [-0.4, -0.2) is 65.7 Å². The minimum Gasteiger partial charge on any atom is -0.445 e. The van der Waals surface area contributed by atoms with E-state index in [0.717, 1.165) is 89.0 Å². The SMILES string of the molecule is CC(C)(C)OC(=O)N[C@H](C(=O)N1CCC[C@H]1C(=O)NCC1CCC(NC(=O)OCc2ccccc2)CC1)C(C1CCCCC1)C1CCCCC1. The third-order valence-electron chi connectivity index (χ3n) is 11.5. The number of hydrogen-bond acceptors (Lipinski definition) is 6. The second-order valence-corrected chi connectivity index (χ2v) is 16.4. The lowest BCUT2D eigenvalue weighted by Gasteiger charge is -2.43. The molecule has 0 radical (unpaired) electrons. The number of alkyl carbamates (subject to hydrolysis) is 2. The highest BCUT2D eigenvalue weighted by molar-refractivity contribution is 5.92. The van der Waals surface area contributed by atoms with E-state index in [1.54, 1.807) is 4.90 Å². The maximum atomic E-state index is 14.7. The molecule has 10 heteroatoms. The molecule has 278 valence electrons. The lowest BCUT2D eigenvalue weighted by Crippen LogP contribution is -2.59. The summed E-state index contributed by atoms with van der Waals surface area (Å²) in [6.45, 7) is 6.84. The van der Waals surface area contributed by atoms with Crippen LogP contribution in [0.5, 0.6) is 0 Å². The lowest BCUT2D eigenvalue weighted by molar-refractivity contribution is -0.142. The van der Waals surface area contributed by atoms with E-state index in [1.807, 2.05) is 51.1 Å². The summed E-state index contributed by atoms with van der Waals surface area (Å²) < 4.78 is 11.1. The summed E-state index contributed by atoms with van der Waals surface area (Å²) in [7, 11) is 0. The predicted molar refractivity (Wildman–Crippen MR) is 193 cm³/mol. The molecule has 4 aliphatic rings. The maximum absolute atomic E-state index is 14.7. The summed E-state index contributed by atoms with van der Waals surface area (Å²) in [6.07, 6.45) is 15.3. The molecule has 1 aromatic rings. The van der Waals surface area contributed by atoms with Crippen molar-refractivity contribution in [1.29, 1.82) is 0 Å². The quantitative estimate of drug-likeness (QED) is 0.224. The summed E-state index contributed by atoms with van der Waals surface area (Å²) in [5.74, 6) is 0.872. The van der Waals surface area contributed by atoms with Gasteiger partial charge in [0.05, 0.1) is 0 Å². The van der Waals surface area contributed by atoms with Crippen LogP contribution < -0.4 is 16.0 Å². The fraction of sp³-hybridized carbons (Fsp3) is 0.750. The Morgan fingerprint density at radius 1 is 0.780 bits per heavy atom. The van der Waals surface area contributed by atoms with Crippen molar-refractivity contribution in [1.82, 2.24) is 20.9 Å². The Morgan fingerprint density at radius 3 is 2.00 bits per heavy atom. The monoisotopic (exact) mass is 694 g/mol. The van der Waals surface area contributed by atoms with Crippen molar-refractivity contribution in [3.8, 4) is 0 Å². The van der Waals surface area contributed by atoms with E-state index >= 15 is 0 Å². The Kier molecular flexibility index (Phi) is 13.9. The molecule has 1 saturated heterocycles.